The molecule has 0 aromatic heterocycles. The van der Waals surface area contributed by atoms with Gasteiger partial charge in [0.05, 0.1) is 6.54 Å². The van der Waals surface area contributed by atoms with Crippen LogP contribution in [0.2, 0.25) is 0 Å². The van der Waals surface area contributed by atoms with Gasteiger partial charge < -0.3 is 10.6 Å². The highest BCUT2D eigenvalue weighted by Gasteiger charge is 2.49. The summed E-state index contributed by atoms with van der Waals surface area (Å²) in [7, 11) is 0. The van der Waals surface area contributed by atoms with Crippen LogP contribution >= 0.6 is 0 Å². The van der Waals surface area contributed by atoms with Gasteiger partial charge in [-0.1, -0.05) is 0 Å². The number of nitrogens with one attached hydrogen (secondary N) is 3. The Morgan fingerprint density at radius 2 is 1.92 bits per heavy atom. The number of amides is 4. The van der Waals surface area contributed by atoms with Crippen LogP contribution < -0.4 is 16.0 Å². The third-order valence-corrected chi connectivity index (χ3v) is 6.35. The molecule has 7 heteroatoms. The lowest BCUT2D eigenvalue weighted by molar-refractivity contribution is -0.126. The summed E-state index contributed by atoms with van der Waals surface area (Å²) in [5.74, 6) is 1.28. The fourth-order valence-electron chi connectivity index (χ4n) is 4.48. The molecule has 0 bridgehead atoms. The normalized spacial score (nSPS) is 33.3. The van der Waals surface area contributed by atoms with Gasteiger partial charge >= 0.3 is 6.03 Å². The van der Waals surface area contributed by atoms with E-state index >= 15 is 0 Å². The zero-order valence-corrected chi connectivity index (χ0v) is 14.8. The fraction of sp³-hybridized carbons (Fsp3) is 0.833. The molecule has 2 saturated carbocycles. The number of hydrogen-bond donors (Lipinski definition) is 3. The molecule has 3 N–H and O–H groups in total. The maximum Gasteiger partial charge on any atom is 0.322 e. The third-order valence-electron chi connectivity index (χ3n) is 6.35. The van der Waals surface area contributed by atoms with Gasteiger partial charge in [-0.3, -0.25) is 19.8 Å². The van der Waals surface area contributed by atoms with Gasteiger partial charge in [-0.2, -0.15) is 0 Å². The molecule has 2 saturated heterocycles. The molecule has 0 radical (unpaired) electrons. The second-order valence-electron chi connectivity index (χ2n) is 8.45. The Kier molecular flexibility index (Phi) is 4.22. The predicted molar refractivity (Wildman–Crippen MR) is 91.6 cm³/mol. The first-order valence-electron chi connectivity index (χ1n) is 9.61. The number of urea groups is 1. The van der Waals surface area contributed by atoms with E-state index in [0.717, 1.165) is 19.4 Å². The molecule has 0 unspecified atom stereocenters. The molecule has 25 heavy (non-hydrogen) atoms. The Morgan fingerprint density at radius 1 is 1.24 bits per heavy atom. The number of piperidine rings is 1. The zero-order chi connectivity index (χ0) is 17.6. The zero-order valence-electron chi connectivity index (χ0n) is 14.8. The SMILES string of the molecule is C[C@@]1([C@H]2CCCN(CC(=O)NC(C3CC3)C3CC3)C2)NC(=O)NC1=O. The van der Waals surface area contributed by atoms with Crippen molar-refractivity contribution in [2.45, 2.75) is 57.0 Å². The van der Waals surface area contributed by atoms with Crippen LogP contribution in [0, 0.1) is 17.8 Å². The average Bonchev–Trinajstić information content (AvgIpc) is 3.46. The molecule has 2 aliphatic heterocycles. The molecule has 4 aliphatic rings. The largest absolute Gasteiger partial charge is 0.352 e. The van der Waals surface area contributed by atoms with Gasteiger partial charge in [0, 0.05) is 18.5 Å². The molecule has 138 valence electrons. The molecule has 0 aromatic carbocycles. The average molecular weight is 348 g/mol. The van der Waals surface area contributed by atoms with Crippen molar-refractivity contribution in [3.63, 3.8) is 0 Å². The highest BCUT2D eigenvalue weighted by molar-refractivity contribution is 6.07. The van der Waals surface area contributed by atoms with Gasteiger partial charge in [0.1, 0.15) is 5.54 Å². The minimum absolute atomic E-state index is 0.0307. The maximum absolute atomic E-state index is 12.5. The van der Waals surface area contributed by atoms with Gasteiger partial charge in [-0.15, -0.1) is 0 Å². The van der Waals surface area contributed by atoms with E-state index in [9.17, 15) is 14.4 Å². The monoisotopic (exact) mass is 348 g/mol. The smallest absolute Gasteiger partial charge is 0.322 e. The van der Waals surface area contributed by atoms with Crippen molar-refractivity contribution in [2.75, 3.05) is 19.6 Å². The Hall–Kier alpha value is -1.63. The number of likely N-dealkylation sites (tertiary alicyclic amines) is 1. The van der Waals surface area contributed by atoms with Gasteiger partial charge in [0.25, 0.3) is 5.91 Å². The van der Waals surface area contributed by atoms with Crippen molar-refractivity contribution < 1.29 is 14.4 Å². The maximum atomic E-state index is 12.5. The fourth-order valence-corrected chi connectivity index (χ4v) is 4.48. The van der Waals surface area contributed by atoms with Crippen molar-refractivity contribution in [2.24, 2.45) is 17.8 Å². The quantitative estimate of drug-likeness (QED) is 0.613. The Bertz CT molecular complexity index is 575. The number of nitrogens with zero attached hydrogens (tertiary/aromatic N) is 1. The van der Waals surface area contributed by atoms with Crippen LogP contribution in [0.1, 0.15) is 45.4 Å². The van der Waals surface area contributed by atoms with Crippen molar-refractivity contribution in [1.82, 2.24) is 20.9 Å². The molecule has 4 amide bonds. The summed E-state index contributed by atoms with van der Waals surface area (Å²) in [6.45, 7) is 3.71. The predicted octanol–water partition coefficient (Wildman–Crippen LogP) is 0.601. The van der Waals surface area contributed by atoms with E-state index in [0.29, 0.717) is 31.0 Å². The van der Waals surface area contributed by atoms with Crippen LogP contribution in [0.5, 0.6) is 0 Å². The first-order valence-corrected chi connectivity index (χ1v) is 9.61. The van der Waals surface area contributed by atoms with E-state index in [1.807, 2.05) is 0 Å². The van der Waals surface area contributed by atoms with Gasteiger partial charge in [-0.25, -0.2) is 4.79 Å². The highest BCUT2D eigenvalue weighted by Crippen LogP contribution is 2.44. The highest BCUT2D eigenvalue weighted by atomic mass is 16.2. The first-order chi connectivity index (χ1) is 12.0. The number of carbonyl (C=O) groups is 3. The lowest BCUT2D eigenvalue weighted by Crippen LogP contribution is -2.56. The minimum Gasteiger partial charge on any atom is -0.352 e. The van der Waals surface area contributed by atoms with Crippen LogP contribution in [-0.4, -0.2) is 54.0 Å². The molecule has 2 atom stereocenters. The molecule has 7 nitrogen and oxygen atoms in total. The van der Waals surface area contributed by atoms with Gasteiger partial charge in [-0.05, 0) is 63.8 Å². The molecule has 2 heterocycles. The van der Waals surface area contributed by atoms with Gasteiger partial charge in [0.15, 0.2) is 0 Å². The van der Waals surface area contributed by atoms with Crippen molar-refractivity contribution in [3.8, 4) is 0 Å². The van der Waals surface area contributed by atoms with Crippen LogP contribution in [0.3, 0.4) is 0 Å². The summed E-state index contributed by atoms with van der Waals surface area (Å²) in [6.07, 6.45) is 6.82. The Morgan fingerprint density at radius 3 is 2.48 bits per heavy atom. The minimum atomic E-state index is -0.864. The van der Waals surface area contributed by atoms with E-state index in [4.69, 9.17) is 0 Å². The molecule has 0 aromatic rings. The summed E-state index contributed by atoms with van der Waals surface area (Å²) in [5, 5.41) is 8.38. The second-order valence-corrected chi connectivity index (χ2v) is 8.45. The number of hydrogen-bond acceptors (Lipinski definition) is 4. The van der Waals surface area contributed by atoms with Crippen molar-refractivity contribution in [3.05, 3.63) is 0 Å². The van der Waals surface area contributed by atoms with E-state index in [1.165, 1.54) is 25.7 Å². The van der Waals surface area contributed by atoms with E-state index < -0.39 is 11.6 Å². The van der Waals surface area contributed by atoms with Crippen LogP contribution in [0.25, 0.3) is 0 Å². The lowest BCUT2D eigenvalue weighted by Gasteiger charge is -2.39. The molecule has 4 fully saturated rings. The molecular formula is C18H28N4O3. The topological polar surface area (TPSA) is 90.5 Å². The summed E-state index contributed by atoms with van der Waals surface area (Å²) >= 11 is 0. The first kappa shape index (κ1) is 16.8. The number of rotatable bonds is 6. The lowest BCUT2D eigenvalue weighted by atomic mass is 9.80. The van der Waals surface area contributed by atoms with E-state index in [2.05, 4.69) is 20.9 Å². The summed E-state index contributed by atoms with van der Waals surface area (Å²) < 4.78 is 0. The van der Waals surface area contributed by atoms with Crippen molar-refractivity contribution in [1.29, 1.82) is 0 Å². The van der Waals surface area contributed by atoms with E-state index in [-0.39, 0.29) is 17.7 Å². The number of carbonyl (C=O) groups excluding carboxylic acids is 3. The molecule has 0 spiro atoms. The Balaban J connectivity index is 1.32. The third kappa shape index (κ3) is 3.52. The summed E-state index contributed by atoms with van der Waals surface area (Å²) in [6, 6.07) is -0.0374. The van der Waals surface area contributed by atoms with E-state index in [1.54, 1.807) is 6.92 Å². The van der Waals surface area contributed by atoms with Crippen LogP contribution in [0.4, 0.5) is 4.79 Å². The standard InChI is InChI=1S/C18H28N4O3/c1-18(16(24)20-17(25)21-18)13-3-2-8-22(9-13)10-14(23)19-15(11-4-5-11)12-6-7-12/h11-13,15H,2-10H2,1H3,(H,19,23)(H2,20,21,24,25)/t13-,18-/m0/s1. The molecule has 4 rings (SSSR count). The molecular weight excluding hydrogens is 320 g/mol. The number of imide groups is 1. The van der Waals surface area contributed by atoms with Crippen molar-refractivity contribution >= 4 is 17.8 Å². The van der Waals surface area contributed by atoms with Crippen LogP contribution in [0.15, 0.2) is 0 Å². The van der Waals surface area contributed by atoms with Gasteiger partial charge in [0.2, 0.25) is 5.91 Å². The van der Waals surface area contributed by atoms with Crippen LogP contribution in [-0.2, 0) is 9.59 Å². The molecule has 2 aliphatic carbocycles. The second kappa shape index (κ2) is 6.27. The summed E-state index contributed by atoms with van der Waals surface area (Å²) in [4.78, 5) is 38.3. The summed E-state index contributed by atoms with van der Waals surface area (Å²) in [5.41, 5.74) is -0.864. The Labute approximate surface area is 148 Å².